The highest BCUT2D eigenvalue weighted by atomic mass is 16.4. The number of carboxylic acids is 1. The summed E-state index contributed by atoms with van der Waals surface area (Å²) in [4.78, 5) is 20.9. The van der Waals surface area contributed by atoms with E-state index in [0.29, 0.717) is 0 Å². The minimum Gasteiger partial charge on any atom is -0.483 e. The first-order chi connectivity index (χ1) is 6.04. The molecular weight excluding hydrogens is 180 g/mol. The molecule has 0 unspecified atom stereocenters. The van der Waals surface area contributed by atoms with Gasteiger partial charge in [0.1, 0.15) is 6.33 Å². The summed E-state index contributed by atoms with van der Waals surface area (Å²) >= 11 is 0. The molecule has 1 aromatic rings. The number of anilines is 1. The smallest absolute Gasteiger partial charge is 0.300 e. The van der Waals surface area contributed by atoms with E-state index in [1.54, 1.807) is 0 Å². The molecule has 0 spiro atoms. The third kappa shape index (κ3) is 25.8. The standard InChI is InChI=1S/C2H4N4.C2H4O2.CH2O2/c3-2-4-1-5-6-2;1-2(3)4;2-1-3/h1H,(H3,3,4,5,6);1H3,(H,3,4);1H,(H,2,3). The van der Waals surface area contributed by atoms with Gasteiger partial charge in [0.15, 0.2) is 0 Å². The van der Waals surface area contributed by atoms with Crippen LogP contribution in [0.2, 0.25) is 0 Å². The number of nitrogens with one attached hydrogen (secondary N) is 1. The Labute approximate surface area is 73.4 Å². The monoisotopic (exact) mass is 190 g/mol. The van der Waals surface area contributed by atoms with Crippen LogP contribution in [0.5, 0.6) is 0 Å². The van der Waals surface area contributed by atoms with Crippen LogP contribution in [0.3, 0.4) is 0 Å². The molecule has 1 aromatic heterocycles. The van der Waals surface area contributed by atoms with Crippen molar-refractivity contribution in [3.05, 3.63) is 6.33 Å². The summed E-state index contributed by atoms with van der Waals surface area (Å²) in [5, 5.41) is 20.2. The van der Waals surface area contributed by atoms with E-state index in [9.17, 15) is 0 Å². The Balaban J connectivity index is 0. The number of H-pyrrole nitrogens is 1. The minimum atomic E-state index is -0.833. The first kappa shape index (κ1) is 13.5. The predicted molar refractivity (Wildman–Crippen MR) is 42.8 cm³/mol. The van der Waals surface area contributed by atoms with Gasteiger partial charge >= 0.3 is 0 Å². The molecule has 0 aliphatic heterocycles. The molecule has 0 amide bonds. The number of nitrogen functional groups attached to an aromatic ring is 1. The summed E-state index contributed by atoms with van der Waals surface area (Å²) in [5.41, 5.74) is 5.02. The molecule has 1 heterocycles. The van der Waals surface area contributed by atoms with Gasteiger partial charge in [-0.25, -0.2) is 4.98 Å². The topological polar surface area (TPSA) is 142 Å². The molecule has 0 radical (unpaired) electrons. The first-order valence-electron chi connectivity index (χ1n) is 2.93. The molecule has 74 valence electrons. The number of aromatic nitrogens is 3. The van der Waals surface area contributed by atoms with E-state index in [2.05, 4.69) is 15.2 Å². The minimum absolute atomic E-state index is 0.250. The number of carboxylic acid groups (broad SMARTS) is 2. The molecule has 0 aliphatic rings. The fourth-order valence-electron chi connectivity index (χ4n) is 0.219. The van der Waals surface area contributed by atoms with Crippen LogP contribution < -0.4 is 5.73 Å². The Morgan fingerprint density at radius 3 is 2.23 bits per heavy atom. The summed E-state index contributed by atoms with van der Waals surface area (Å²) in [5.74, 6) is -0.546. The second-order valence-corrected chi connectivity index (χ2v) is 1.48. The molecule has 1 rings (SSSR count). The van der Waals surface area contributed by atoms with Crippen LogP contribution in [0.4, 0.5) is 5.95 Å². The lowest BCUT2D eigenvalue weighted by molar-refractivity contribution is -0.134. The lowest BCUT2D eigenvalue weighted by atomic mass is 10.9. The quantitative estimate of drug-likeness (QED) is 0.391. The summed E-state index contributed by atoms with van der Waals surface area (Å²) < 4.78 is 0. The van der Waals surface area contributed by atoms with E-state index >= 15 is 0 Å². The highest BCUT2D eigenvalue weighted by Gasteiger charge is 1.76. The maximum Gasteiger partial charge on any atom is 0.300 e. The molecule has 0 atom stereocenters. The van der Waals surface area contributed by atoms with Crippen molar-refractivity contribution in [3.63, 3.8) is 0 Å². The Kier molecular flexibility index (Phi) is 10.2. The van der Waals surface area contributed by atoms with E-state index in [1.165, 1.54) is 6.33 Å². The third-order valence-electron chi connectivity index (χ3n) is 0.434. The van der Waals surface area contributed by atoms with Crippen LogP contribution in [0.25, 0.3) is 0 Å². The number of nitrogens with zero attached hydrogens (tertiary/aromatic N) is 2. The number of rotatable bonds is 0. The zero-order chi connectivity index (χ0) is 10.7. The number of aliphatic carboxylic acids is 1. The number of aromatic amines is 1. The van der Waals surface area contributed by atoms with E-state index in [0.717, 1.165) is 6.92 Å². The van der Waals surface area contributed by atoms with Crippen molar-refractivity contribution in [2.75, 3.05) is 5.73 Å². The Morgan fingerprint density at radius 1 is 1.77 bits per heavy atom. The van der Waals surface area contributed by atoms with E-state index in [4.69, 9.17) is 25.5 Å². The molecule has 0 bridgehead atoms. The fourth-order valence-corrected chi connectivity index (χ4v) is 0.219. The van der Waals surface area contributed by atoms with Crippen LogP contribution in [-0.4, -0.2) is 37.8 Å². The molecule has 0 aromatic carbocycles. The lowest BCUT2D eigenvalue weighted by Gasteiger charge is -1.65. The summed E-state index contributed by atoms with van der Waals surface area (Å²) in [6.45, 7) is 0.833. The highest BCUT2D eigenvalue weighted by molar-refractivity contribution is 5.62. The molecule has 13 heavy (non-hydrogen) atoms. The number of nitrogens with two attached hydrogens (primary N) is 1. The van der Waals surface area contributed by atoms with E-state index in [1.807, 2.05) is 0 Å². The molecule has 5 N–H and O–H groups in total. The SMILES string of the molecule is CC(=O)O.Nc1nc[nH]n1.O=CO. The van der Waals surface area contributed by atoms with Gasteiger partial charge < -0.3 is 15.9 Å². The summed E-state index contributed by atoms with van der Waals surface area (Å²) in [6, 6.07) is 0. The normalized spacial score (nSPS) is 6.85. The van der Waals surface area contributed by atoms with Crippen molar-refractivity contribution >= 4 is 18.4 Å². The van der Waals surface area contributed by atoms with Gasteiger partial charge in [0.25, 0.3) is 12.4 Å². The second-order valence-electron chi connectivity index (χ2n) is 1.48. The van der Waals surface area contributed by atoms with Crippen molar-refractivity contribution in [2.45, 2.75) is 6.92 Å². The van der Waals surface area contributed by atoms with Crippen LogP contribution in [0, 0.1) is 0 Å². The van der Waals surface area contributed by atoms with Gasteiger partial charge in [-0.15, -0.1) is 5.10 Å². The summed E-state index contributed by atoms with van der Waals surface area (Å²) in [6.07, 6.45) is 1.43. The van der Waals surface area contributed by atoms with Crippen molar-refractivity contribution in [1.82, 2.24) is 15.2 Å². The lowest BCUT2D eigenvalue weighted by Crippen LogP contribution is -1.84. The van der Waals surface area contributed by atoms with Gasteiger partial charge in [0.05, 0.1) is 0 Å². The van der Waals surface area contributed by atoms with Crippen LogP contribution in [-0.2, 0) is 9.59 Å². The molecule has 8 nitrogen and oxygen atoms in total. The van der Waals surface area contributed by atoms with Gasteiger partial charge in [-0.05, 0) is 0 Å². The van der Waals surface area contributed by atoms with Crippen molar-refractivity contribution < 1.29 is 19.8 Å². The Hall–Kier alpha value is -2.12. The van der Waals surface area contributed by atoms with Gasteiger partial charge in [0.2, 0.25) is 5.95 Å². The van der Waals surface area contributed by atoms with Gasteiger partial charge in [-0.2, -0.15) is 0 Å². The maximum atomic E-state index is 9.00. The predicted octanol–water partition coefficient (Wildman–Crippen LogP) is -0.821. The molecule has 8 heteroatoms. The number of carbonyl (C=O) groups is 2. The zero-order valence-corrected chi connectivity index (χ0v) is 6.84. The molecule has 0 aliphatic carbocycles. The van der Waals surface area contributed by atoms with Gasteiger partial charge in [-0.3, -0.25) is 14.7 Å². The second kappa shape index (κ2) is 9.88. The van der Waals surface area contributed by atoms with Gasteiger partial charge in [-0.1, -0.05) is 0 Å². The molecule has 0 saturated heterocycles. The largest absolute Gasteiger partial charge is 0.483 e. The van der Waals surface area contributed by atoms with Crippen molar-refractivity contribution in [1.29, 1.82) is 0 Å². The Bertz CT molecular complexity index is 218. The highest BCUT2D eigenvalue weighted by Crippen LogP contribution is 1.76. The molecule has 0 saturated carbocycles. The number of hydrogen-bond acceptors (Lipinski definition) is 5. The summed E-state index contributed by atoms with van der Waals surface area (Å²) in [7, 11) is 0. The average molecular weight is 190 g/mol. The van der Waals surface area contributed by atoms with E-state index in [-0.39, 0.29) is 12.4 Å². The van der Waals surface area contributed by atoms with Gasteiger partial charge in [0, 0.05) is 6.92 Å². The third-order valence-corrected chi connectivity index (χ3v) is 0.434. The average Bonchev–Trinajstić information content (AvgIpc) is 2.39. The first-order valence-corrected chi connectivity index (χ1v) is 2.93. The fraction of sp³-hybridized carbons (Fsp3) is 0.200. The molecule has 0 fully saturated rings. The maximum absolute atomic E-state index is 9.00. The zero-order valence-electron chi connectivity index (χ0n) is 6.84. The van der Waals surface area contributed by atoms with E-state index < -0.39 is 5.97 Å². The van der Waals surface area contributed by atoms with Crippen LogP contribution >= 0.6 is 0 Å². The Morgan fingerprint density at radius 2 is 2.15 bits per heavy atom. The number of hydrogen-bond donors (Lipinski definition) is 4. The van der Waals surface area contributed by atoms with Crippen molar-refractivity contribution in [3.8, 4) is 0 Å². The van der Waals surface area contributed by atoms with Crippen molar-refractivity contribution in [2.24, 2.45) is 0 Å². The molecular formula is C5H10N4O4. The van der Waals surface area contributed by atoms with Crippen LogP contribution in [0.1, 0.15) is 6.92 Å². The van der Waals surface area contributed by atoms with Crippen LogP contribution in [0.15, 0.2) is 6.33 Å².